The molecule has 7 nitrogen and oxygen atoms in total. The maximum absolute atomic E-state index is 12.5. The zero-order valence-corrected chi connectivity index (χ0v) is 13.5. The van der Waals surface area contributed by atoms with Crippen LogP contribution in [0.3, 0.4) is 0 Å². The predicted octanol–water partition coefficient (Wildman–Crippen LogP) is 1.30. The molecular weight excluding hydrogens is 332 g/mol. The van der Waals surface area contributed by atoms with E-state index in [1.165, 1.54) is 37.4 Å². The van der Waals surface area contributed by atoms with Crippen LogP contribution in [0.15, 0.2) is 47.4 Å². The maximum Gasteiger partial charge on any atom is 0.269 e. The summed E-state index contributed by atoms with van der Waals surface area (Å²) in [4.78, 5) is 24.5. The number of anilines is 1. The number of benzene rings is 2. The largest absolute Gasteiger partial charge is 0.497 e. The van der Waals surface area contributed by atoms with E-state index >= 15 is 0 Å². The minimum atomic E-state index is -4.08. The molecule has 0 aliphatic carbocycles. The van der Waals surface area contributed by atoms with Crippen LogP contribution in [-0.2, 0) is 10.0 Å². The van der Waals surface area contributed by atoms with Gasteiger partial charge in [0.25, 0.3) is 15.9 Å². The van der Waals surface area contributed by atoms with Crippen molar-refractivity contribution in [2.24, 2.45) is 0 Å². The monoisotopic (exact) mass is 346 g/mol. The van der Waals surface area contributed by atoms with Crippen molar-refractivity contribution >= 4 is 27.4 Å². The lowest BCUT2D eigenvalue weighted by Crippen LogP contribution is -2.35. The van der Waals surface area contributed by atoms with Crippen molar-refractivity contribution in [3.63, 3.8) is 0 Å². The highest BCUT2D eigenvalue weighted by atomic mass is 32.2. The molecule has 0 saturated carbocycles. The Kier molecular flexibility index (Phi) is 3.76. The number of nitrogen functional groups attached to an aromatic ring is 1. The standard InChI is InChI=1S/C16H14N2O5S/c1-23-12-5-2-10(3-6-12)14(19)9-18-16(20)13-7-4-11(17)8-15(13)24(18,21)22/h2-8H,9,17H2,1H3. The summed E-state index contributed by atoms with van der Waals surface area (Å²) in [5.74, 6) is -0.651. The first kappa shape index (κ1) is 16.0. The number of fused-ring (bicyclic) bond motifs is 1. The van der Waals surface area contributed by atoms with E-state index < -0.39 is 28.3 Å². The molecule has 1 amide bonds. The third-order valence-electron chi connectivity index (χ3n) is 3.73. The normalized spacial score (nSPS) is 15.2. The maximum atomic E-state index is 12.5. The Morgan fingerprint density at radius 3 is 2.46 bits per heavy atom. The smallest absolute Gasteiger partial charge is 0.269 e. The van der Waals surface area contributed by atoms with Gasteiger partial charge in [-0.15, -0.1) is 0 Å². The van der Waals surface area contributed by atoms with Gasteiger partial charge in [-0.25, -0.2) is 12.7 Å². The van der Waals surface area contributed by atoms with Gasteiger partial charge in [-0.3, -0.25) is 9.59 Å². The SMILES string of the molecule is COc1ccc(C(=O)CN2C(=O)c3ccc(N)cc3S2(=O)=O)cc1. The Labute approximate surface area is 138 Å². The van der Waals surface area contributed by atoms with Crippen LogP contribution in [0.4, 0.5) is 5.69 Å². The van der Waals surface area contributed by atoms with Crippen LogP contribution in [0.25, 0.3) is 0 Å². The van der Waals surface area contributed by atoms with Crippen LogP contribution in [0.2, 0.25) is 0 Å². The summed E-state index contributed by atoms with van der Waals surface area (Å²) in [6.45, 7) is -0.567. The molecule has 2 aromatic carbocycles. The number of hydrogen-bond donors (Lipinski definition) is 1. The van der Waals surface area contributed by atoms with Crippen molar-refractivity contribution in [1.29, 1.82) is 0 Å². The molecule has 0 saturated heterocycles. The molecule has 0 spiro atoms. The summed E-state index contributed by atoms with van der Waals surface area (Å²) in [7, 11) is -2.58. The fourth-order valence-corrected chi connectivity index (χ4v) is 4.01. The first-order valence-electron chi connectivity index (χ1n) is 6.98. The van der Waals surface area contributed by atoms with Crippen LogP contribution in [0.5, 0.6) is 5.75 Å². The number of nitrogens with zero attached hydrogens (tertiary/aromatic N) is 1. The van der Waals surface area contributed by atoms with E-state index in [2.05, 4.69) is 0 Å². The van der Waals surface area contributed by atoms with Crippen LogP contribution < -0.4 is 10.5 Å². The molecule has 0 atom stereocenters. The first-order chi connectivity index (χ1) is 11.3. The first-order valence-corrected chi connectivity index (χ1v) is 8.42. The molecule has 0 aromatic heterocycles. The molecule has 124 valence electrons. The lowest BCUT2D eigenvalue weighted by atomic mass is 10.1. The van der Waals surface area contributed by atoms with Gasteiger partial charge in [0.1, 0.15) is 17.2 Å². The molecule has 24 heavy (non-hydrogen) atoms. The third kappa shape index (κ3) is 2.50. The molecule has 0 radical (unpaired) electrons. The molecule has 2 aromatic rings. The average molecular weight is 346 g/mol. The van der Waals surface area contributed by atoms with Gasteiger partial charge in [0.2, 0.25) is 0 Å². The second-order valence-corrected chi connectivity index (χ2v) is 7.05. The molecule has 1 heterocycles. The number of ether oxygens (including phenoxy) is 1. The number of nitrogens with two attached hydrogens (primary N) is 1. The summed E-state index contributed by atoms with van der Waals surface area (Å²) < 4.78 is 30.6. The van der Waals surface area contributed by atoms with E-state index in [0.29, 0.717) is 10.1 Å². The molecule has 0 fully saturated rings. The molecule has 2 N–H and O–H groups in total. The minimum Gasteiger partial charge on any atom is -0.497 e. The quantitative estimate of drug-likeness (QED) is 0.661. The summed E-state index contributed by atoms with van der Waals surface area (Å²) >= 11 is 0. The lowest BCUT2D eigenvalue weighted by Gasteiger charge is -2.14. The number of sulfonamides is 1. The molecule has 3 rings (SSSR count). The molecule has 1 aliphatic rings. The Hall–Kier alpha value is -2.87. The van der Waals surface area contributed by atoms with E-state index in [9.17, 15) is 18.0 Å². The van der Waals surface area contributed by atoms with E-state index in [0.717, 1.165) is 0 Å². The van der Waals surface area contributed by atoms with Crippen molar-refractivity contribution < 1.29 is 22.7 Å². The van der Waals surface area contributed by atoms with Crippen LogP contribution in [0, 0.1) is 0 Å². The number of Topliss-reactive ketones (excluding diaryl/α,β-unsaturated/α-hetero) is 1. The Bertz CT molecular complexity index is 935. The zero-order chi connectivity index (χ0) is 17.5. The highest BCUT2D eigenvalue weighted by Gasteiger charge is 2.42. The minimum absolute atomic E-state index is 0.0201. The summed E-state index contributed by atoms with van der Waals surface area (Å²) in [5, 5.41) is 0. The number of rotatable bonds is 4. The average Bonchev–Trinajstić information content (AvgIpc) is 2.75. The Morgan fingerprint density at radius 1 is 1.17 bits per heavy atom. The summed E-state index contributed by atoms with van der Waals surface area (Å²) in [6.07, 6.45) is 0. The summed E-state index contributed by atoms with van der Waals surface area (Å²) in [5.41, 5.74) is 6.13. The number of carbonyl (C=O) groups excluding carboxylic acids is 2. The van der Waals surface area contributed by atoms with Gasteiger partial charge in [0.05, 0.1) is 12.7 Å². The van der Waals surface area contributed by atoms with Crippen molar-refractivity contribution in [1.82, 2.24) is 4.31 Å². The summed E-state index contributed by atoms with van der Waals surface area (Å²) in [6, 6.07) is 10.2. The van der Waals surface area contributed by atoms with Crippen molar-refractivity contribution in [3.8, 4) is 5.75 Å². The third-order valence-corrected chi connectivity index (χ3v) is 5.50. The van der Waals surface area contributed by atoms with Crippen molar-refractivity contribution in [2.75, 3.05) is 19.4 Å². The van der Waals surface area contributed by atoms with E-state index in [1.54, 1.807) is 12.1 Å². The highest BCUT2D eigenvalue weighted by molar-refractivity contribution is 7.90. The van der Waals surface area contributed by atoms with Crippen LogP contribution >= 0.6 is 0 Å². The van der Waals surface area contributed by atoms with E-state index in [-0.39, 0.29) is 21.7 Å². The fourth-order valence-electron chi connectivity index (χ4n) is 2.45. The molecule has 1 aliphatic heterocycles. The molecule has 0 bridgehead atoms. The number of carbonyl (C=O) groups is 2. The zero-order valence-electron chi connectivity index (χ0n) is 12.7. The topological polar surface area (TPSA) is 107 Å². The molecule has 8 heteroatoms. The Balaban J connectivity index is 1.90. The van der Waals surface area contributed by atoms with Gasteiger partial charge in [-0.2, -0.15) is 0 Å². The van der Waals surface area contributed by atoms with Crippen molar-refractivity contribution in [3.05, 3.63) is 53.6 Å². The molecule has 0 unspecified atom stereocenters. The number of methoxy groups -OCH3 is 1. The van der Waals surface area contributed by atoms with Crippen LogP contribution in [-0.4, -0.2) is 38.1 Å². The number of ketones is 1. The Morgan fingerprint density at radius 2 is 1.83 bits per heavy atom. The van der Waals surface area contributed by atoms with Gasteiger partial charge in [0, 0.05) is 11.3 Å². The van der Waals surface area contributed by atoms with Gasteiger partial charge in [-0.1, -0.05) is 0 Å². The number of amides is 1. The number of hydrogen-bond acceptors (Lipinski definition) is 6. The second-order valence-electron chi connectivity index (χ2n) is 5.22. The van der Waals surface area contributed by atoms with E-state index in [4.69, 9.17) is 10.5 Å². The van der Waals surface area contributed by atoms with Crippen molar-refractivity contribution in [2.45, 2.75) is 4.90 Å². The van der Waals surface area contributed by atoms with E-state index in [1.807, 2.05) is 0 Å². The lowest BCUT2D eigenvalue weighted by molar-refractivity contribution is 0.0820. The second kappa shape index (κ2) is 5.64. The van der Waals surface area contributed by atoms with Crippen LogP contribution in [0.1, 0.15) is 20.7 Å². The van der Waals surface area contributed by atoms with Gasteiger partial charge in [-0.05, 0) is 42.5 Å². The predicted molar refractivity (Wildman–Crippen MR) is 86.4 cm³/mol. The fraction of sp³-hybridized carbons (Fsp3) is 0.125. The highest BCUT2D eigenvalue weighted by Crippen LogP contribution is 2.31. The van der Waals surface area contributed by atoms with Gasteiger partial charge >= 0.3 is 0 Å². The molecular formula is C16H14N2O5S. The van der Waals surface area contributed by atoms with Gasteiger partial charge < -0.3 is 10.5 Å². The van der Waals surface area contributed by atoms with Gasteiger partial charge in [0.15, 0.2) is 5.78 Å².